The summed E-state index contributed by atoms with van der Waals surface area (Å²) in [5, 5.41) is 23.0. The molecular formula is C27H20N2P+. The Morgan fingerprint density at radius 3 is 1.43 bits per heavy atom. The summed E-state index contributed by atoms with van der Waals surface area (Å²) in [5.74, 6) is 0. The molecule has 2 nitrogen and oxygen atoms in total. The van der Waals surface area contributed by atoms with Crippen molar-refractivity contribution in [3.05, 3.63) is 126 Å². The van der Waals surface area contributed by atoms with E-state index in [0.29, 0.717) is 17.3 Å². The molecule has 0 amide bonds. The van der Waals surface area contributed by atoms with Crippen molar-refractivity contribution in [2.45, 2.75) is 6.16 Å². The lowest BCUT2D eigenvalue weighted by Gasteiger charge is -2.28. The number of nitrogens with zero attached hydrogens (tertiary/aromatic N) is 2. The van der Waals surface area contributed by atoms with Gasteiger partial charge in [-0.25, -0.2) is 0 Å². The molecule has 4 rings (SSSR count). The minimum Gasteiger partial charge on any atom is -0.192 e. The second-order valence-corrected chi connectivity index (χ2v) is 10.6. The zero-order chi connectivity index (χ0) is 20.8. The van der Waals surface area contributed by atoms with E-state index in [1.54, 1.807) is 12.1 Å². The van der Waals surface area contributed by atoms with Gasteiger partial charge in [0, 0.05) is 5.56 Å². The lowest BCUT2D eigenvalue weighted by Crippen LogP contribution is -2.32. The normalized spacial score (nSPS) is 10.7. The fourth-order valence-corrected chi connectivity index (χ4v) is 8.19. The Bertz CT molecular complexity index is 1120. The van der Waals surface area contributed by atoms with Crippen molar-refractivity contribution in [1.29, 1.82) is 10.5 Å². The molecule has 4 aromatic carbocycles. The first-order valence-electron chi connectivity index (χ1n) is 9.76. The molecule has 0 saturated carbocycles. The van der Waals surface area contributed by atoms with E-state index in [1.165, 1.54) is 15.9 Å². The maximum Gasteiger partial charge on any atom is 0.116 e. The topological polar surface area (TPSA) is 47.6 Å². The van der Waals surface area contributed by atoms with Gasteiger partial charge >= 0.3 is 0 Å². The maximum absolute atomic E-state index is 9.77. The van der Waals surface area contributed by atoms with E-state index < -0.39 is 7.26 Å². The monoisotopic (exact) mass is 403 g/mol. The van der Waals surface area contributed by atoms with Crippen LogP contribution in [0.1, 0.15) is 16.7 Å². The molecule has 0 aromatic heterocycles. The highest BCUT2D eigenvalue weighted by Crippen LogP contribution is 2.58. The van der Waals surface area contributed by atoms with Crippen molar-refractivity contribution in [1.82, 2.24) is 0 Å². The lowest BCUT2D eigenvalue weighted by molar-refractivity contribution is 1.32. The summed E-state index contributed by atoms with van der Waals surface area (Å²) in [6.45, 7) is 0. The average molecular weight is 403 g/mol. The van der Waals surface area contributed by atoms with Crippen LogP contribution in [0.3, 0.4) is 0 Å². The van der Waals surface area contributed by atoms with E-state index in [1.807, 2.05) is 24.3 Å². The molecule has 0 unspecified atom stereocenters. The molecule has 0 aliphatic rings. The lowest BCUT2D eigenvalue weighted by atomic mass is 10.1. The van der Waals surface area contributed by atoms with Crippen LogP contribution in [0.15, 0.2) is 109 Å². The van der Waals surface area contributed by atoms with Crippen LogP contribution in [0, 0.1) is 22.7 Å². The molecule has 0 aliphatic heterocycles. The molecule has 4 aromatic rings. The van der Waals surface area contributed by atoms with Crippen LogP contribution in [-0.2, 0) is 6.16 Å². The van der Waals surface area contributed by atoms with Crippen LogP contribution < -0.4 is 15.9 Å². The van der Waals surface area contributed by atoms with Gasteiger partial charge in [0.25, 0.3) is 0 Å². The van der Waals surface area contributed by atoms with Crippen molar-refractivity contribution in [2.75, 3.05) is 0 Å². The van der Waals surface area contributed by atoms with Gasteiger partial charge in [-0.2, -0.15) is 10.5 Å². The van der Waals surface area contributed by atoms with E-state index in [-0.39, 0.29) is 0 Å². The van der Waals surface area contributed by atoms with E-state index in [9.17, 15) is 10.5 Å². The third-order valence-electron chi connectivity index (χ3n) is 5.35. The Kier molecular flexibility index (Phi) is 5.72. The van der Waals surface area contributed by atoms with Gasteiger partial charge in [-0.1, -0.05) is 54.6 Å². The Balaban J connectivity index is 2.04. The van der Waals surface area contributed by atoms with Crippen molar-refractivity contribution < 1.29 is 0 Å². The van der Waals surface area contributed by atoms with Gasteiger partial charge in [-0.15, -0.1) is 0 Å². The van der Waals surface area contributed by atoms with E-state index >= 15 is 0 Å². The summed E-state index contributed by atoms with van der Waals surface area (Å²) in [6.07, 6.45) is 0.684. The van der Waals surface area contributed by atoms with Crippen LogP contribution >= 0.6 is 7.26 Å². The molecule has 0 fully saturated rings. The number of hydrogen-bond acceptors (Lipinski definition) is 2. The number of nitriles is 2. The fraction of sp³-hybridized carbons (Fsp3) is 0.0370. The van der Waals surface area contributed by atoms with Crippen molar-refractivity contribution in [2.24, 2.45) is 0 Å². The smallest absolute Gasteiger partial charge is 0.116 e. The van der Waals surface area contributed by atoms with Gasteiger partial charge in [0.15, 0.2) is 0 Å². The molecule has 0 N–H and O–H groups in total. The molecule has 0 saturated heterocycles. The quantitative estimate of drug-likeness (QED) is 0.444. The summed E-state index contributed by atoms with van der Waals surface area (Å²) in [5.41, 5.74) is 2.12. The maximum atomic E-state index is 9.77. The number of hydrogen-bond donors (Lipinski definition) is 0. The molecule has 0 bridgehead atoms. The molecule has 0 aliphatic carbocycles. The first-order chi connectivity index (χ1) is 14.8. The third-order valence-corrected chi connectivity index (χ3v) is 9.71. The second-order valence-electron chi connectivity index (χ2n) is 7.07. The minimum atomic E-state index is -2.11. The largest absolute Gasteiger partial charge is 0.192 e. The summed E-state index contributed by atoms with van der Waals surface area (Å²) >= 11 is 0. The Labute approximate surface area is 178 Å². The predicted octanol–water partition coefficient (Wildman–Crippen LogP) is 4.92. The zero-order valence-corrected chi connectivity index (χ0v) is 17.3. The Morgan fingerprint density at radius 2 is 1.03 bits per heavy atom. The summed E-state index contributed by atoms with van der Waals surface area (Å²) in [7, 11) is -2.11. The predicted molar refractivity (Wildman–Crippen MR) is 125 cm³/mol. The van der Waals surface area contributed by atoms with Crippen LogP contribution in [0.5, 0.6) is 0 Å². The van der Waals surface area contributed by atoms with Crippen molar-refractivity contribution in [3.63, 3.8) is 0 Å². The van der Waals surface area contributed by atoms with Crippen LogP contribution in [0.4, 0.5) is 0 Å². The van der Waals surface area contributed by atoms with Gasteiger partial charge in [-0.3, -0.25) is 0 Å². The van der Waals surface area contributed by atoms with Gasteiger partial charge < -0.3 is 0 Å². The van der Waals surface area contributed by atoms with Crippen LogP contribution in [-0.4, -0.2) is 0 Å². The molecule has 30 heavy (non-hydrogen) atoms. The molecule has 142 valence electrons. The molecule has 0 heterocycles. The van der Waals surface area contributed by atoms with Gasteiger partial charge in [0.05, 0.1) is 29.4 Å². The molecular weight excluding hydrogens is 383 g/mol. The first-order valence-corrected chi connectivity index (χ1v) is 11.7. The first kappa shape index (κ1) is 19.6. The van der Waals surface area contributed by atoms with Crippen molar-refractivity contribution >= 4 is 23.2 Å². The van der Waals surface area contributed by atoms with E-state index in [0.717, 1.165) is 5.56 Å². The summed E-state index contributed by atoms with van der Waals surface area (Å²) in [6, 6.07) is 41.6. The van der Waals surface area contributed by atoms with Gasteiger partial charge in [0.2, 0.25) is 0 Å². The standard InChI is InChI=1S/C27H20N2P/c28-19-22-16-17-23(20-29)24(18-22)21-30(25-10-4-1-5-11-25,26-12-6-2-7-13-26)27-14-8-3-9-15-27/h1-18H,21H2/q+1. The highest BCUT2D eigenvalue weighted by atomic mass is 31.2. The number of rotatable bonds is 5. The average Bonchev–Trinajstić information content (AvgIpc) is 2.84. The zero-order valence-electron chi connectivity index (χ0n) is 16.4. The van der Waals surface area contributed by atoms with Crippen LogP contribution in [0.2, 0.25) is 0 Å². The van der Waals surface area contributed by atoms with Gasteiger partial charge in [-0.05, 0) is 54.6 Å². The van der Waals surface area contributed by atoms with E-state index in [4.69, 9.17) is 0 Å². The van der Waals surface area contributed by atoms with Crippen LogP contribution in [0.25, 0.3) is 0 Å². The molecule has 0 radical (unpaired) electrons. The van der Waals surface area contributed by atoms with E-state index in [2.05, 4.69) is 84.9 Å². The summed E-state index contributed by atoms with van der Waals surface area (Å²) < 4.78 is 0. The Hall–Kier alpha value is -3.71. The summed E-state index contributed by atoms with van der Waals surface area (Å²) in [4.78, 5) is 0. The highest BCUT2D eigenvalue weighted by Gasteiger charge is 2.45. The SMILES string of the molecule is N#Cc1ccc(C#N)c(C[P+](c2ccccc2)(c2ccccc2)c2ccccc2)c1. The Morgan fingerprint density at radius 1 is 0.567 bits per heavy atom. The molecule has 3 heteroatoms. The van der Waals surface area contributed by atoms with Gasteiger partial charge in [0.1, 0.15) is 23.2 Å². The fourth-order valence-electron chi connectivity index (χ4n) is 3.93. The third kappa shape index (κ3) is 3.62. The minimum absolute atomic E-state index is 0.580. The second kappa shape index (κ2) is 8.75. The molecule has 0 spiro atoms. The number of benzene rings is 4. The molecule has 0 atom stereocenters. The van der Waals surface area contributed by atoms with Crippen molar-refractivity contribution in [3.8, 4) is 12.1 Å². The highest BCUT2D eigenvalue weighted by molar-refractivity contribution is 7.95.